The molecule has 1 amide bonds. The van der Waals surface area contributed by atoms with Gasteiger partial charge in [-0.2, -0.15) is 0 Å². The lowest BCUT2D eigenvalue weighted by Gasteiger charge is -2.15. The third kappa shape index (κ3) is 5.16. The van der Waals surface area contributed by atoms with Crippen molar-refractivity contribution in [2.75, 3.05) is 20.3 Å². The second-order valence-electron chi connectivity index (χ2n) is 7.89. The van der Waals surface area contributed by atoms with E-state index in [4.69, 9.17) is 13.9 Å². The van der Waals surface area contributed by atoms with Crippen LogP contribution in [0.15, 0.2) is 47.1 Å². The molecular formula is C27H33NO4. The third-order valence-electron chi connectivity index (χ3n) is 5.59. The summed E-state index contributed by atoms with van der Waals surface area (Å²) in [5, 5.41) is 3.97. The number of carbonyl (C=O) groups is 1. The second kappa shape index (κ2) is 10.9. The molecule has 5 nitrogen and oxygen atoms in total. The molecule has 3 rings (SSSR count). The Bertz CT molecular complexity index is 1090. The average Bonchev–Trinajstić information content (AvgIpc) is 3.23. The summed E-state index contributed by atoms with van der Waals surface area (Å²) in [6, 6.07) is 9.96. The lowest BCUT2D eigenvalue weighted by atomic mass is 9.96. The van der Waals surface area contributed by atoms with E-state index in [1.165, 1.54) is 0 Å². The van der Waals surface area contributed by atoms with Gasteiger partial charge in [0.15, 0.2) is 0 Å². The van der Waals surface area contributed by atoms with Crippen LogP contribution in [0.5, 0.6) is 11.5 Å². The zero-order chi connectivity index (χ0) is 23.1. The minimum absolute atomic E-state index is 0.0821. The highest BCUT2D eigenvalue weighted by Gasteiger charge is 2.19. The highest BCUT2D eigenvalue weighted by atomic mass is 16.5. The average molecular weight is 436 g/mol. The van der Waals surface area contributed by atoms with Gasteiger partial charge in [0.1, 0.15) is 17.1 Å². The number of methoxy groups -OCH3 is 1. The number of furan rings is 1. The van der Waals surface area contributed by atoms with Crippen LogP contribution < -0.4 is 14.8 Å². The molecule has 0 atom stereocenters. The predicted molar refractivity (Wildman–Crippen MR) is 130 cm³/mol. The van der Waals surface area contributed by atoms with E-state index in [9.17, 15) is 4.79 Å². The monoisotopic (exact) mass is 435 g/mol. The van der Waals surface area contributed by atoms with Gasteiger partial charge in [-0.15, -0.1) is 0 Å². The Labute approximate surface area is 190 Å². The molecule has 0 saturated heterocycles. The van der Waals surface area contributed by atoms with Crippen molar-refractivity contribution < 1.29 is 18.7 Å². The van der Waals surface area contributed by atoms with Crippen molar-refractivity contribution in [2.24, 2.45) is 0 Å². The maximum absolute atomic E-state index is 12.4. The molecule has 0 fully saturated rings. The first-order chi connectivity index (χ1) is 15.5. The van der Waals surface area contributed by atoms with Crippen molar-refractivity contribution in [3.63, 3.8) is 0 Å². The first-order valence-electron chi connectivity index (χ1n) is 11.3. The number of ether oxygens (including phenoxy) is 2. The molecule has 0 aliphatic heterocycles. The lowest BCUT2D eigenvalue weighted by Crippen LogP contribution is -2.22. The molecule has 0 saturated carbocycles. The number of hydrogen-bond donors (Lipinski definition) is 1. The Kier molecular flexibility index (Phi) is 7.98. The van der Waals surface area contributed by atoms with Crippen LogP contribution in [0.4, 0.5) is 0 Å². The first-order valence-corrected chi connectivity index (χ1v) is 11.3. The SMILES string of the molecule is CCCCCNC(=O)/C=C(\C)c1cc2c(-c3ccc(OC)cc3)coc2c(C)c1OCC. The van der Waals surface area contributed by atoms with E-state index < -0.39 is 0 Å². The zero-order valence-corrected chi connectivity index (χ0v) is 19.7. The largest absolute Gasteiger partial charge is 0.497 e. The zero-order valence-electron chi connectivity index (χ0n) is 19.7. The third-order valence-corrected chi connectivity index (χ3v) is 5.59. The fraction of sp³-hybridized carbons (Fsp3) is 0.370. The van der Waals surface area contributed by atoms with Crippen LogP contribution in [0, 0.1) is 6.92 Å². The molecule has 1 aromatic heterocycles. The molecule has 170 valence electrons. The van der Waals surface area contributed by atoms with Gasteiger partial charge in [-0.25, -0.2) is 0 Å². The first kappa shape index (κ1) is 23.5. The van der Waals surface area contributed by atoms with Gasteiger partial charge in [0.05, 0.1) is 20.0 Å². The van der Waals surface area contributed by atoms with Crippen molar-refractivity contribution in [2.45, 2.75) is 47.0 Å². The van der Waals surface area contributed by atoms with Crippen molar-refractivity contribution in [1.29, 1.82) is 0 Å². The number of aryl methyl sites for hydroxylation is 1. The molecule has 0 unspecified atom stereocenters. The summed E-state index contributed by atoms with van der Waals surface area (Å²) in [7, 11) is 1.65. The molecule has 5 heteroatoms. The highest BCUT2D eigenvalue weighted by Crippen LogP contribution is 2.41. The quantitative estimate of drug-likeness (QED) is 0.291. The molecular weight excluding hydrogens is 402 g/mol. The van der Waals surface area contributed by atoms with Crippen LogP contribution in [0.2, 0.25) is 0 Å². The number of benzene rings is 2. The molecule has 0 aliphatic carbocycles. The van der Waals surface area contributed by atoms with Gasteiger partial charge in [0, 0.05) is 34.7 Å². The normalized spacial score (nSPS) is 11.6. The van der Waals surface area contributed by atoms with E-state index in [0.29, 0.717) is 13.2 Å². The van der Waals surface area contributed by atoms with E-state index in [0.717, 1.165) is 69.6 Å². The minimum atomic E-state index is -0.0821. The number of rotatable bonds is 10. The molecule has 3 aromatic rings. The summed E-state index contributed by atoms with van der Waals surface area (Å²) in [6.45, 7) is 9.27. The lowest BCUT2D eigenvalue weighted by molar-refractivity contribution is -0.116. The number of amides is 1. The van der Waals surface area contributed by atoms with Gasteiger partial charge in [-0.05, 0) is 56.5 Å². The van der Waals surface area contributed by atoms with E-state index >= 15 is 0 Å². The Balaban J connectivity index is 2.02. The smallest absolute Gasteiger partial charge is 0.244 e. The van der Waals surface area contributed by atoms with E-state index in [2.05, 4.69) is 18.3 Å². The Hall–Kier alpha value is -3.21. The second-order valence-corrected chi connectivity index (χ2v) is 7.89. The summed E-state index contributed by atoms with van der Waals surface area (Å²) in [5.74, 6) is 1.48. The fourth-order valence-electron chi connectivity index (χ4n) is 3.85. The number of allylic oxidation sites excluding steroid dienone is 1. The van der Waals surface area contributed by atoms with Crippen LogP contribution in [-0.2, 0) is 4.79 Å². The number of nitrogens with one attached hydrogen (secondary N) is 1. The standard InChI is InChI=1S/C27H33NO4/c1-6-8-9-14-28-25(29)15-18(3)22-16-23-24(20-10-12-21(30-5)13-11-20)17-32-27(23)19(4)26(22)31-7-2/h10-13,15-17H,6-9,14H2,1-5H3,(H,28,29)/b18-15+. The summed E-state index contributed by atoms with van der Waals surface area (Å²) in [5.41, 5.74) is 5.50. The van der Waals surface area contributed by atoms with Crippen molar-refractivity contribution in [3.8, 4) is 22.6 Å². The Morgan fingerprint density at radius 2 is 1.91 bits per heavy atom. The molecule has 1 N–H and O–H groups in total. The van der Waals surface area contributed by atoms with Crippen LogP contribution in [-0.4, -0.2) is 26.2 Å². The summed E-state index contributed by atoms with van der Waals surface area (Å²) >= 11 is 0. The van der Waals surface area contributed by atoms with E-state index in [1.54, 1.807) is 19.4 Å². The molecule has 0 aliphatic rings. The fourth-order valence-corrected chi connectivity index (χ4v) is 3.85. The van der Waals surface area contributed by atoms with Crippen LogP contribution >= 0.6 is 0 Å². The van der Waals surface area contributed by atoms with E-state index in [1.807, 2.05) is 45.0 Å². The number of unbranched alkanes of at least 4 members (excludes halogenated alkanes) is 2. The van der Waals surface area contributed by atoms with Crippen molar-refractivity contribution in [1.82, 2.24) is 5.32 Å². The Morgan fingerprint density at radius 3 is 2.56 bits per heavy atom. The maximum atomic E-state index is 12.4. The van der Waals surface area contributed by atoms with Gasteiger partial charge in [0.25, 0.3) is 0 Å². The molecule has 2 aromatic carbocycles. The number of fused-ring (bicyclic) bond motifs is 1. The van der Waals surface area contributed by atoms with Crippen molar-refractivity contribution in [3.05, 3.63) is 53.8 Å². The van der Waals surface area contributed by atoms with Crippen LogP contribution in [0.1, 0.15) is 51.2 Å². The molecule has 0 spiro atoms. The number of carbonyl (C=O) groups excluding carboxylic acids is 1. The minimum Gasteiger partial charge on any atom is -0.497 e. The molecule has 0 radical (unpaired) electrons. The van der Waals surface area contributed by atoms with Gasteiger partial charge < -0.3 is 19.2 Å². The summed E-state index contributed by atoms with van der Waals surface area (Å²) in [6.07, 6.45) is 6.66. The van der Waals surface area contributed by atoms with Gasteiger partial charge in [0.2, 0.25) is 5.91 Å². The summed E-state index contributed by atoms with van der Waals surface area (Å²) in [4.78, 5) is 12.4. The Morgan fingerprint density at radius 1 is 1.16 bits per heavy atom. The highest BCUT2D eigenvalue weighted by molar-refractivity contribution is 6.01. The molecule has 0 bridgehead atoms. The van der Waals surface area contributed by atoms with E-state index in [-0.39, 0.29) is 5.91 Å². The van der Waals surface area contributed by atoms with Crippen LogP contribution in [0.25, 0.3) is 27.7 Å². The maximum Gasteiger partial charge on any atom is 0.244 e. The molecule has 32 heavy (non-hydrogen) atoms. The van der Waals surface area contributed by atoms with Crippen molar-refractivity contribution >= 4 is 22.4 Å². The predicted octanol–water partition coefficient (Wildman–Crippen LogP) is 6.53. The van der Waals surface area contributed by atoms with Gasteiger partial charge >= 0.3 is 0 Å². The topological polar surface area (TPSA) is 60.7 Å². The number of hydrogen-bond acceptors (Lipinski definition) is 4. The summed E-state index contributed by atoms with van der Waals surface area (Å²) < 4.78 is 17.2. The van der Waals surface area contributed by atoms with Crippen LogP contribution in [0.3, 0.4) is 0 Å². The van der Waals surface area contributed by atoms with Gasteiger partial charge in [-0.3, -0.25) is 4.79 Å². The van der Waals surface area contributed by atoms with Gasteiger partial charge in [-0.1, -0.05) is 31.9 Å². The molecule has 1 heterocycles.